The Morgan fingerprint density at radius 3 is 2.55 bits per heavy atom. The molecular formula is C21H23BrN2O5. The van der Waals surface area contributed by atoms with Gasteiger partial charge in [-0.1, -0.05) is 0 Å². The van der Waals surface area contributed by atoms with E-state index in [4.69, 9.17) is 14.2 Å². The third-order valence-corrected chi connectivity index (χ3v) is 5.12. The lowest BCUT2D eigenvalue weighted by Gasteiger charge is -2.28. The molecule has 2 aromatic carbocycles. The number of morpholine rings is 1. The van der Waals surface area contributed by atoms with Gasteiger partial charge in [0.15, 0.2) is 18.1 Å². The molecule has 0 amide bonds. The van der Waals surface area contributed by atoms with Gasteiger partial charge >= 0.3 is 5.97 Å². The minimum absolute atomic E-state index is 0.192. The van der Waals surface area contributed by atoms with Crippen molar-refractivity contribution in [1.29, 1.82) is 0 Å². The zero-order valence-corrected chi connectivity index (χ0v) is 18.0. The molecule has 0 atom stereocenters. The second-order valence-electron chi connectivity index (χ2n) is 6.26. The third kappa shape index (κ3) is 5.71. The number of benzene rings is 2. The summed E-state index contributed by atoms with van der Waals surface area (Å²) >= 11 is 3.51. The second-order valence-corrected chi connectivity index (χ2v) is 7.12. The Hall–Kier alpha value is -2.58. The molecule has 0 N–H and O–H groups in total. The lowest BCUT2D eigenvalue weighted by Crippen LogP contribution is -2.36. The van der Waals surface area contributed by atoms with E-state index in [9.17, 15) is 4.79 Å². The Morgan fingerprint density at radius 1 is 1.17 bits per heavy atom. The van der Waals surface area contributed by atoms with Crippen LogP contribution in [0.1, 0.15) is 5.56 Å². The highest BCUT2D eigenvalue weighted by molar-refractivity contribution is 9.10. The van der Waals surface area contributed by atoms with E-state index in [1.54, 1.807) is 25.5 Å². The monoisotopic (exact) mass is 462 g/mol. The van der Waals surface area contributed by atoms with Crippen LogP contribution in [0.2, 0.25) is 0 Å². The number of carbonyl (C=O) groups is 1. The summed E-state index contributed by atoms with van der Waals surface area (Å²) in [7, 11) is 2.85. The molecule has 154 valence electrons. The fraction of sp³-hybridized carbons (Fsp3) is 0.333. The number of rotatable bonds is 7. The molecule has 1 heterocycles. The molecule has 8 heteroatoms. The molecular weight excluding hydrogens is 440 g/mol. The lowest BCUT2D eigenvalue weighted by molar-refractivity contribution is -0.142. The highest BCUT2D eigenvalue weighted by Gasteiger charge is 2.12. The van der Waals surface area contributed by atoms with Gasteiger partial charge in [0, 0.05) is 35.0 Å². The topological polar surface area (TPSA) is 69.6 Å². The summed E-state index contributed by atoms with van der Waals surface area (Å²) in [4.78, 5) is 18.1. The summed E-state index contributed by atoms with van der Waals surface area (Å²) in [5.41, 5.74) is 2.84. The SMILES string of the molecule is COC(=O)COc1cc(Br)c(C=Nc2ccc(N3CCOCC3)cc2)cc1OC. The quantitative estimate of drug-likeness (QED) is 0.462. The maximum Gasteiger partial charge on any atom is 0.343 e. The summed E-state index contributed by atoms with van der Waals surface area (Å²) in [5, 5.41) is 0. The zero-order chi connectivity index (χ0) is 20.6. The first-order chi connectivity index (χ1) is 14.1. The highest BCUT2D eigenvalue weighted by Crippen LogP contribution is 2.33. The summed E-state index contributed by atoms with van der Waals surface area (Å²) in [6.45, 7) is 3.13. The van der Waals surface area contributed by atoms with Gasteiger partial charge in [-0.2, -0.15) is 0 Å². The van der Waals surface area contributed by atoms with Crippen LogP contribution in [0, 0.1) is 0 Å². The normalized spacial score (nSPS) is 14.1. The summed E-state index contributed by atoms with van der Waals surface area (Å²) in [6.07, 6.45) is 1.75. The van der Waals surface area contributed by atoms with Crippen molar-refractivity contribution in [1.82, 2.24) is 0 Å². The van der Waals surface area contributed by atoms with Crippen LogP contribution in [0.15, 0.2) is 45.9 Å². The fourth-order valence-electron chi connectivity index (χ4n) is 2.83. The van der Waals surface area contributed by atoms with Crippen molar-refractivity contribution < 1.29 is 23.7 Å². The summed E-state index contributed by atoms with van der Waals surface area (Å²) in [5.74, 6) is 0.479. The van der Waals surface area contributed by atoms with Gasteiger partial charge in [0.25, 0.3) is 0 Å². The van der Waals surface area contributed by atoms with Crippen LogP contribution in [0.3, 0.4) is 0 Å². The van der Waals surface area contributed by atoms with Crippen molar-refractivity contribution in [3.05, 3.63) is 46.4 Å². The van der Waals surface area contributed by atoms with Gasteiger partial charge in [-0.05, 0) is 52.3 Å². The van der Waals surface area contributed by atoms with E-state index in [1.807, 2.05) is 12.1 Å². The molecule has 1 aliphatic rings. The number of ether oxygens (including phenoxy) is 4. The molecule has 0 aliphatic carbocycles. The first-order valence-corrected chi connectivity index (χ1v) is 9.94. The molecule has 0 saturated carbocycles. The Kier molecular flexibility index (Phi) is 7.48. The van der Waals surface area contributed by atoms with Crippen LogP contribution < -0.4 is 14.4 Å². The number of anilines is 1. The minimum Gasteiger partial charge on any atom is -0.493 e. The fourth-order valence-corrected chi connectivity index (χ4v) is 3.26. The standard InChI is InChI=1S/C21H23BrN2O5/c1-26-19-11-15(18(22)12-20(19)29-14-21(25)27-2)13-23-16-3-5-17(6-4-16)24-7-9-28-10-8-24/h3-6,11-13H,7-10,14H2,1-2H3. The van der Waals surface area contributed by atoms with Gasteiger partial charge in [-0.25, -0.2) is 4.79 Å². The van der Waals surface area contributed by atoms with E-state index in [-0.39, 0.29) is 6.61 Å². The van der Waals surface area contributed by atoms with Crippen molar-refractivity contribution in [2.24, 2.45) is 4.99 Å². The predicted molar refractivity (Wildman–Crippen MR) is 115 cm³/mol. The van der Waals surface area contributed by atoms with Crippen LogP contribution in [0.25, 0.3) is 0 Å². The van der Waals surface area contributed by atoms with Crippen LogP contribution in [-0.2, 0) is 14.3 Å². The smallest absolute Gasteiger partial charge is 0.343 e. The maximum atomic E-state index is 11.3. The van der Waals surface area contributed by atoms with E-state index < -0.39 is 5.97 Å². The van der Waals surface area contributed by atoms with Gasteiger partial charge in [0.2, 0.25) is 0 Å². The van der Waals surface area contributed by atoms with Crippen molar-refractivity contribution in [2.45, 2.75) is 0 Å². The number of halogens is 1. The Labute approximate surface area is 178 Å². The van der Waals surface area contributed by atoms with Gasteiger partial charge in [-0.15, -0.1) is 0 Å². The number of hydrogen-bond acceptors (Lipinski definition) is 7. The number of hydrogen-bond donors (Lipinski definition) is 0. The zero-order valence-electron chi connectivity index (χ0n) is 16.4. The average Bonchev–Trinajstić information content (AvgIpc) is 2.77. The molecule has 1 fully saturated rings. The van der Waals surface area contributed by atoms with E-state index in [1.165, 1.54) is 12.8 Å². The number of methoxy groups -OCH3 is 2. The van der Waals surface area contributed by atoms with Crippen LogP contribution in [0.4, 0.5) is 11.4 Å². The molecule has 0 aromatic heterocycles. The van der Waals surface area contributed by atoms with Crippen molar-refractivity contribution in [2.75, 3.05) is 52.0 Å². The van der Waals surface area contributed by atoms with E-state index in [0.29, 0.717) is 11.5 Å². The first-order valence-electron chi connectivity index (χ1n) is 9.14. The van der Waals surface area contributed by atoms with Gasteiger partial charge in [0.05, 0.1) is 33.1 Å². The van der Waals surface area contributed by atoms with E-state index in [2.05, 4.69) is 42.7 Å². The van der Waals surface area contributed by atoms with E-state index >= 15 is 0 Å². The van der Waals surface area contributed by atoms with E-state index in [0.717, 1.165) is 42.0 Å². The molecule has 0 radical (unpaired) electrons. The Morgan fingerprint density at radius 2 is 1.90 bits per heavy atom. The molecule has 3 rings (SSSR count). The first kappa shape index (κ1) is 21.1. The number of aliphatic imine (C=N–C) groups is 1. The Bertz CT molecular complexity index is 864. The average molecular weight is 463 g/mol. The van der Waals surface area contributed by atoms with Gasteiger partial charge in [-0.3, -0.25) is 4.99 Å². The predicted octanol–water partition coefficient (Wildman–Crippen LogP) is 3.60. The summed E-state index contributed by atoms with van der Waals surface area (Å²) < 4.78 is 21.6. The molecule has 0 spiro atoms. The van der Waals surface area contributed by atoms with Crippen LogP contribution >= 0.6 is 15.9 Å². The highest BCUT2D eigenvalue weighted by atomic mass is 79.9. The number of carbonyl (C=O) groups excluding carboxylic acids is 1. The third-order valence-electron chi connectivity index (χ3n) is 4.43. The summed E-state index contributed by atoms with van der Waals surface area (Å²) in [6, 6.07) is 11.6. The second kappa shape index (κ2) is 10.3. The van der Waals surface area contributed by atoms with Gasteiger partial charge < -0.3 is 23.8 Å². The van der Waals surface area contributed by atoms with Crippen LogP contribution in [0.5, 0.6) is 11.5 Å². The maximum absolute atomic E-state index is 11.3. The van der Waals surface area contributed by atoms with Gasteiger partial charge in [0.1, 0.15) is 0 Å². The van der Waals surface area contributed by atoms with Crippen molar-refractivity contribution in [3.8, 4) is 11.5 Å². The lowest BCUT2D eigenvalue weighted by atomic mass is 10.2. The minimum atomic E-state index is -0.464. The number of nitrogens with zero attached hydrogens (tertiary/aromatic N) is 2. The molecule has 29 heavy (non-hydrogen) atoms. The van der Waals surface area contributed by atoms with Crippen LogP contribution in [-0.4, -0.2) is 59.3 Å². The number of esters is 1. The molecule has 0 unspecified atom stereocenters. The molecule has 7 nitrogen and oxygen atoms in total. The molecule has 1 aliphatic heterocycles. The Balaban J connectivity index is 1.71. The molecule has 1 saturated heterocycles. The molecule has 2 aromatic rings. The largest absolute Gasteiger partial charge is 0.493 e. The molecule has 0 bridgehead atoms. The van der Waals surface area contributed by atoms with Crippen molar-refractivity contribution in [3.63, 3.8) is 0 Å². The van der Waals surface area contributed by atoms with Crippen molar-refractivity contribution >= 4 is 39.5 Å².